The van der Waals surface area contributed by atoms with E-state index < -0.39 is 5.67 Å². The lowest BCUT2D eigenvalue weighted by Crippen LogP contribution is -2.52. The molecule has 82 valence electrons. The molecule has 0 spiro atoms. The van der Waals surface area contributed by atoms with E-state index in [0.29, 0.717) is 19.0 Å². The van der Waals surface area contributed by atoms with Crippen molar-refractivity contribution in [2.45, 2.75) is 50.2 Å². The van der Waals surface area contributed by atoms with Crippen molar-refractivity contribution in [2.75, 3.05) is 19.6 Å². The van der Waals surface area contributed by atoms with Crippen LogP contribution in [0.5, 0.6) is 0 Å². The summed E-state index contributed by atoms with van der Waals surface area (Å²) in [5.74, 6) is 0. The lowest BCUT2D eigenvalue weighted by atomic mass is 9.93. The largest absolute Gasteiger partial charge is 0.327 e. The summed E-state index contributed by atoms with van der Waals surface area (Å²) in [5.41, 5.74) is 4.40. The Morgan fingerprint density at radius 3 is 2.64 bits per heavy atom. The molecule has 2 aliphatic rings. The summed E-state index contributed by atoms with van der Waals surface area (Å²) in [5, 5.41) is 0. The van der Waals surface area contributed by atoms with Crippen LogP contribution >= 0.6 is 0 Å². The van der Waals surface area contributed by atoms with Crippen molar-refractivity contribution in [3.63, 3.8) is 0 Å². The maximum absolute atomic E-state index is 14.0. The highest BCUT2D eigenvalue weighted by Crippen LogP contribution is 2.30. The zero-order chi connectivity index (χ0) is 10.0. The number of piperidine rings is 1. The molecule has 14 heavy (non-hydrogen) atoms. The van der Waals surface area contributed by atoms with Crippen molar-refractivity contribution in [2.24, 2.45) is 5.73 Å². The van der Waals surface area contributed by atoms with E-state index in [-0.39, 0.29) is 6.54 Å². The molecule has 1 heterocycles. The molecule has 0 aromatic heterocycles. The maximum atomic E-state index is 14.0. The lowest BCUT2D eigenvalue weighted by molar-refractivity contribution is 0.0296. The van der Waals surface area contributed by atoms with Crippen LogP contribution in [0.3, 0.4) is 0 Å². The Kier molecular flexibility index (Phi) is 3.07. The summed E-state index contributed by atoms with van der Waals surface area (Å²) < 4.78 is 14.0. The third-order valence-corrected chi connectivity index (χ3v) is 3.76. The van der Waals surface area contributed by atoms with Crippen LogP contribution in [0.1, 0.15) is 38.5 Å². The molecule has 2 N–H and O–H groups in total. The number of nitrogens with two attached hydrogens (primary N) is 1. The van der Waals surface area contributed by atoms with E-state index in [1.165, 1.54) is 25.7 Å². The Balaban J connectivity index is 1.93. The summed E-state index contributed by atoms with van der Waals surface area (Å²) in [4.78, 5) is 2.34. The summed E-state index contributed by atoms with van der Waals surface area (Å²) in [7, 11) is 0. The quantitative estimate of drug-likeness (QED) is 0.735. The fraction of sp³-hybridized carbons (Fsp3) is 1.00. The van der Waals surface area contributed by atoms with E-state index in [2.05, 4.69) is 4.90 Å². The zero-order valence-electron chi connectivity index (χ0n) is 8.84. The van der Waals surface area contributed by atoms with Crippen LogP contribution in [0.4, 0.5) is 4.39 Å². The molecule has 2 fully saturated rings. The zero-order valence-corrected chi connectivity index (χ0v) is 8.84. The highest BCUT2D eigenvalue weighted by Gasteiger charge is 2.37. The second-order valence-electron chi connectivity index (χ2n) is 4.87. The van der Waals surface area contributed by atoms with Gasteiger partial charge in [0.1, 0.15) is 5.67 Å². The average molecular weight is 200 g/mol. The van der Waals surface area contributed by atoms with Crippen LogP contribution in [-0.2, 0) is 0 Å². The first kappa shape index (κ1) is 10.4. The van der Waals surface area contributed by atoms with Crippen molar-refractivity contribution >= 4 is 0 Å². The topological polar surface area (TPSA) is 29.3 Å². The van der Waals surface area contributed by atoms with Gasteiger partial charge in [0.25, 0.3) is 0 Å². The van der Waals surface area contributed by atoms with Crippen LogP contribution < -0.4 is 5.73 Å². The highest BCUT2D eigenvalue weighted by molar-refractivity contribution is 4.91. The summed E-state index contributed by atoms with van der Waals surface area (Å²) >= 11 is 0. The highest BCUT2D eigenvalue weighted by atomic mass is 19.1. The molecule has 2 nitrogen and oxygen atoms in total. The van der Waals surface area contributed by atoms with E-state index in [4.69, 9.17) is 5.73 Å². The van der Waals surface area contributed by atoms with Crippen molar-refractivity contribution < 1.29 is 4.39 Å². The minimum Gasteiger partial charge on any atom is -0.327 e. The van der Waals surface area contributed by atoms with Gasteiger partial charge < -0.3 is 5.73 Å². The average Bonchev–Trinajstić information content (AvgIpc) is 2.71. The van der Waals surface area contributed by atoms with Gasteiger partial charge in [-0.05, 0) is 32.2 Å². The first-order chi connectivity index (χ1) is 6.73. The number of halogens is 1. The molecule has 0 bridgehead atoms. The summed E-state index contributed by atoms with van der Waals surface area (Å²) in [6, 6.07) is 0.650. The monoisotopic (exact) mass is 200 g/mol. The molecule has 0 aromatic carbocycles. The van der Waals surface area contributed by atoms with Gasteiger partial charge in [-0.25, -0.2) is 4.39 Å². The second kappa shape index (κ2) is 4.15. The van der Waals surface area contributed by atoms with Crippen LogP contribution in [0.25, 0.3) is 0 Å². The molecular weight excluding hydrogens is 179 g/mol. The van der Waals surface area contributed by atoms with Gasteiger partial charge in [-0.15, -0.1) is 0 Å². The number of likely N-dealkylation sites (tertiary alicyclic amines) is 1. The van der Waals surface area contributed by atoms with Gasteiger partial charge in [-0.2, -0.15) is 0 Å². The minimum absolute atomic E-state index is 0.191. The predicted molar refractivity (Wildman–Crippen MR) is 56.0 cm³/mol. The number of hydrogen-bond donors (Lipinski definition) is 1. The molecule has 0 aromatic rings. The first-order valence-electron chi connectivity index (χ1n) is 5.87. The van der Waals surface area contributed by atoms with E-state index in [0.717, 1.165) is 13.0 Å². The fourth-order valence-corrected chi connectivity index (χ4v) is 2.87. The molecule has 1 saturated carbocycles. The van der Waals surface area contributed by atoms with Gasteiger partial charge in [-0.1, -0.05) is 12.8 Å². The molecule has 3 heteroatoms. The second-order valence-corrected chi connectivity index (χ2v) is 4.87. The Bertz CT molecular complexity index is 192. The molecule has 1 unspecified atom stereocenters. The number of nitrogens with zero attached hydrogens (tertiary/aromatic N) is 1. The van der Waals surface area contributed by atoms with Crippen molar-refractivity contribution in [1.29, 1.82) is 0 Å². The van der Waals surface area contributed by atoms with Crippen molar-refractivity contribution in [1.82, 2.24) is 4.90 Å². The van der Waals surface area contributed by atoms with Gasteiger partial charge >= 0.3 is 0 Å². The normalized spacial score (nSPS) is 36.4. The molecule has 1 saturated heterocycles. The van der Waals surface area contributed by atoms with Crippen molar-refractivity contribution in [3.8, 4) is 0 Å². The summed E-state index contributed by atoms with van der Waals surface area (Å²) in [6.45, 7) is 1.85. The first-order valence-corrected chi connectivity index (χ1v) is 5.87. The molecule has 0 amide bonds. The number of hydrogen-bond acceptors (Lipinski definition) is 2. The number of alkyl halides is 1. The van der Waals surface area contributed by atoms with Gasteiger partial charge in [0.15, 0.2) is 0 Å². The fourth-order valence-electron chi connectivity index (χ4n) is 2.87. The molecular formula is C11H21FN2. The Morgan fingerprint density at radius 2 is 2.00 bits per heavy atom. The van der Waals surface area contributed by atoms with Gasteiger partial charge in [-0.3, -0.25) is 4.90 Å². The van der Waals surface area contributed by atoms with E-state index in [9.17, 15) is 4.39 Å². The van der Waals surface area contributed by atoms with Crippen LogP contribution in [0.2, 0.25) is 0 Å². The third kappa shape index (κ3) is 2.09. The Labute approximate surface area is 85.6 Å². The van der Waals surface area contributed by atoms with Gasteiger partial charge in [0, 0.05) is 19.1 Å². The van der Waals surface area contributed by atoms with E-state index in [1.54, 1.807) is 0 Å². The van der Waals surface area contributed by atoms with Crippen molar-refractivity contribution in [3.05, 3.63) is 0 Å². The standard InChI is InChI=1S/C11H21FN2/c12-11(8-13)6-3-7-14(9-11)10-4-1-2-5-10/h10H,1-9,13H2. The maximum Gasteiger partial charge on any atom is 0.135 e. The molecule has 0 radical (unpaired) electrons. The third-order valence-electron chi connectivity index (χ3n) is 3.76. The summed E-state index contributed by atoms with van der Waals surface area (Å²) in [6.07, 6.45) is 6.81. The Morgan fingerprint density at radius 1 is 1.29 bits per heavy atom. The van der Waals surface area contributed by atoms with Crippen LogP contribution in [0, 0.1) is 0 Å². The minimum atomic E-state index is -1.10. The van der Waals surface area contributed by atoms with Gasteiger partial charge in [0.05, 0.1) is 0 Å². The van der Waals surface area contributed by atoms with Crippen LogP contribution in [0.15, 0.2) is 0 Å². The smallest absolute Gasteiger partial charge is 0.135 e. The van der Waals surface area contributed by atoms with Crippen LogP contribution in [-0.4, -0.2) is 36.2 Å². The predicted octanol–water partition coefficient (Wildman–Crippen LogP) is 1.69. The number of rotatable bonds is 2. The SMILES string of the molecule is NCC1(F)CCCN(C2CCCC2)C1. The Hall–Kier alpha value is -0.150. The molecule has 2 rings (SSSR count). The molecule has 1 aliphatic carbocycles. The van der Waals surface area contributed by atoms with Gasteiger partial charge in [0.2, 0.25) is 0 Å². The lowest BCUT2D eigenvalue weighted by Gasteiger charge is -2.39. The molecule has 1 aliphatic heterocycles. The molecule has 1 atom stereocenters. The van der Waals surface area contributed by atoms with E-state index >= 15 is 0 Å². The van der Waals surface area contributed by atoms with E-state index in [1.807, 2.05) is 0 Å².